The van der Waals surface area contributed by atoms with Gasteiger partial charge in [0, 0.05) is 36.7 Å². The Kier molecular flexibility index (Phi) is 9.81. The van der Waals surface area contributed by atoms with Gasteiger partial charge in [0.05, 0.1) is 0 Å². The van der Waals surface area contributed by atoms with E-state index in [9.17, 15) is 10.2 Å². The zero-order chi connectivity index (χ0) is 20.4. The van der Waals surface area contributed by atoms with Crippen LogP contribution in [0.3, 0.4) is 0 Å². The second-order valence-corrected chi connectivity index (χ2v) is 5.50. The summed E-state index contributed by atoms with van der Waals surface area (Å²) >= 11 is 0. The van der Waals surface area contributed by atoms with Crippen LogP contribution in [0.2, 0.25) is 0 Å². The zero-order valence-electron chi connectivity index (χ0n) is 15.5. The summed E-state index contributed by atoms with van der Waals surface area (Å²) in [6, 6.07) is 17.4. The van der Waals surface area contributed by atoms with Crippen LogP contribution in [0.4, 0.5) is 11.5 Å². The minimum atomic E-state index is -0.833. The summed E-state index contributed by atoms with van der Waals surface area (Å²) in [4.78, 5) is 21.9. The van der Waals surface area contributed by atoms with E-state index in [0.29, 0.717) is 22.6 Å². The SMILES string of the molecule is CC(=O)O.Oc1ccccc1C=Nc1cccnc1/N=C/c1ccccc1O.[Mn+2]. The average molecular weight is 432 g/mol. The Labute approximate surface area is 178 Å². The Bertz CT molecular complexity index is 928. The second kappa shape index (κ2) is 12.1. The van der Waals surface area contributed by atoms with Crippen molar-refractivity contribution in [1.29, 1.82) is 0 Å². The molecule has 0 spiro atoms. The molecule has 147 valence electrons. The number of para-hydroxylation sites is 2. The molecule has 0 aliphatic rings. The number of hydrogen-bond donors (Lipinski definition) is 3. The molecule has 1 heterocycles. The Morgan fingerprint density at radius 1 is 0.862 bits per heavy atom. The van der Waals surface area contributed by atoms with Gasteiger partial charge in [-0.1, -0.05) is 24.3 Å². The molecule has 1 radical (unpaired) electrons. The third-order valence-electron chi connectivity index (χ3n) is 3.31. The van der Waals surface area contributed by atoms with Gasteiger partial charge < -0.3 is 15.3 Å². The average Bonchev–Trinajstić information content (AvgIpc) is 2.67. The quantitative estimate of drug-likeness (QED) is 0.424. The van der Waals surface area contributed by atoms with Crippen molar-refractivity contribution in [3.05, 3.63) is 78.0 Å². The zero-order valence-corrected chi connectivity index (χ0v) is 16.7. The van der Waals surface area contributed by atoms with Gasteiger partial charge in [-0.25, -0.2) is 9.98 Å². The van der Waals surface area contributed by atoms with Crippen LogP contribution in [-0.4, -0.2) is 38.7 Å². The van der Waals surface area contributed by atoms with Crippen LogP contribution in [0, 0.1) is 0 Å². The van der Waals surface area contributed by atoms with E-state index in [2.05, 4.69) is 15.0 Å². The number of benzene rings is 2. The van der Waals surface area contributed by atoms with Gasteiger partial charge >= 0.3 is 17.1 Å². The van der Waals surface area contributed by atoms with E-state index in [1.807, 2.05) is 12.1 Å². The van der Waals surface area contributed by atoms with Crippen LogP contribution >= 0.6 is 0 Å². The largest absolute Gasteiger partial charge is 2.00 e. The molecule has 0 fully saturated rings. The van der Waals surface area contributed by atoms with Crippen molar-refractivity contribution in [2.75, 3.05) is 0 Å². The first-order valence-corrected chi connectivity index (χ1v) is 8.26. The number of aliphatic imine (C=N–C) groups is 2. The number of rotatable bonds is 4. The van der Waals surface area contributed by atoms with Crippen molar-refractivity contribution in [2.45, 2.75) is 6.92 Å². The smallest absolute Gasteiger partial charge is 0.507 e. The maximum atomic E-state index is 9.78. The number of carbonyl (C=O) groups is 1. The number of carboxylic acid groups (broad SMARTS) is 1. The first kappa shape index (κ1) is 23.6. The van der Waals surface area contributed by atoms with E-state index in [1.165, 1.54) is 6.21 Å². The fraction of sp³-hybridized carbons (Fsp3) is 0.0476. The first-order valence-electron chi connectivity index (χ1n) is 8.26. The normalized spacial score (nSPS) is 10.2. The molecule has 0 amide bonds. The third kappa shape index (κ3) is 7.96. The van der Waals surface area contributed by atoms with E-state index in [0.717, 1.165) is 6.92 Å². The number of nitrogens with zero attached hydrogens (tertiary/aromatic N) is 3. The van der Waals surface area contributed by atoms with Crippen molar-refractivity contribution in [3.63, 3.8) is 0 Å². The predicted octanol–water partition coefficient (Wildman–Crippen LogP) is 4.08. The molecule has 3 N–H and O–H groups in total. The molecule has 0 atom stereocenters. The molecule has 0 aliphatic carbocycles. The Hall–Kier alpha value is -3.48. The maximum Gasteiger partial charge on any atom is 2.00 e. The molecule has 0 bridgehead atoms. The molecule has 0 unspecified atom stereocenters. The molecule has 1 aromatic heterocycles. The summed E-state index contributed by atoms with van der Waals surface area (Å²) in [5.74, 6) is -0.103. The van der Waals surface area contributed by atoms with Crippen molar-refractivity contribution in [2.24, 2.45) is 9.98 Å². The van der Waals surface area contributed by atoms with Gasteiger partial charge in [0.1, 0.15) is 17.2 Å². The fourth-order valence-electron chi connectivity index (χ4n) is 2.05. The molecule has 0 aliphatic heterocycles. The van der Waals surface area contributed by atoms with Crippen molar-refractivity contribution in [3.8, 4) is 11.5 Å². The first-order chi connectivity index (χ1) is 13.5. The molecule has 3 rings (SSSR count). The summed E-state index contributed by atoms with van der Waals surface area (Å²) in [5, 5.41) is 27.0. The van der Waals surface area contributed by atoms with E-state index in [1.54, 1.807) is 60.9 Å². The third-order valence-corrected chi connectivity index (χ3v) is 3.31. The number of phenolic OH excluding ortho intramolecular Hbond substituents is 2. The van der Waals surface area contributed by atoms with Gasteiger partial charge in [-0.3, -0.25) is 9.79 Å². The number of carboxylic acids is 1. The minimum Gasteiger partial charge on any atom is -0.507 e. The summed E-state index contributed by atoms with van der Waals surface area (Å²) in [6.07, 6.45) is 4.72. The van der Waals surface area contributed by atoms with Crippen molar-refractivity contribution < 1.29 is 37.2 Å². The number of aliphatic carboxylic acids is 1. The molecule has 0 saturated heterocycles. The number of aromatic nitrogens is 1. The topological polar surface area (TPSA) is 115 Å². The molecule has 29 heavy (non-hydrogen) atoms. The van der Waals surface area contributed by atoms with Crippen LogP contribution < -0.4 is 0 Å². The predicted molar refractivity (Wildman–Crippen MR) is 108 cm³/mol. The fourth-order valence-corrected chi connectivity index (χ4v) is 2.05. The van der Waals surface area contributed by atoms with Gasteiger partial charge in [-0.15, -0.1) is 0 Å². The summed E-state index contributed by atoms with van der Waals surface area (Å²) < 4.78 is 0. The number of aromatic hydroxyl groups is 2. The Balaban J connectivity index is 0.000000771. The van der Waals surface area contributed by atoms with E-state index in [4.69, 9.17) is 9.90 Å². The van der Waals surface area contributed by atoms with Crippen LogP contribution in [0.1, 0.15) is 18.1 Å². The molecular formula is C21H19MnN3O4+2. The number of hydrogen-bond acceptors (Lipinski definition) is 6. The van der Waals surface area contributed by atoms with Gasteiger partial charge in [-0.2, -0.15) is 0 Å². The van der Waals surface area contributed by atoms with Gasteiger partial charge in [0.2, 0.25) is 0 Å². The molecular weight excluding hydrogens is 413 g/mol. The monoisotopic (exact) mass is 432 g/mol. The van der Waals surface area contributed by atoms with Gasteiger partial charge in [-0.05, 0) is 36.4 Å². The van der Waals surface area contributed by atoms with Crippen molar-refractivity contribution >= 4 is 29.9 Å². The molecule has 0 saturated carbocycles. The number of pyridine rings is 1. The second-order valence-electron chi connectivity index (χ2n) is 5.50. The minimum absolute atomic E-state index is 0. The standard InChI is InChI=1S/C19H15N3O2.C2H4O2.Mn/c23-17-9-3-1-6-14(17)12-21-16-8-5-11-20-19(16)22-13-15-7-2-4-10-18(15)24;1-2(3)4;/h1-13,23-24H;1H3,(H,3,4);/q;;+2/b21-12?,22-13+;;. The van der Waals surface area contributed by atoms with E-state index in [-0.39, 0.29) is 28.6 Å². The summed E-state index contributed by atoms with van der Waals surface area (Å²) in [7, 11) is 0. The van der Waals surface area contributed by atoms with E-state index < -0.39 is 5.97 Å². The molecule has 8 heteroatoms. The van der Waals surface area contributed by atoms with Crippen LogP contribution in [0.15, 0.2) is 76.8 Å². The maximum absolute atomic E-state index is 9.78. The van der Waals surface area contributed by atoms with Crippen LogP contribution in [-0.2, 0) is 21.9 Å². The van der Waals surface area contributed by atoms with Crippen molar-refractivity contribution in [1.82, 2.24) is 4.98 Å². The molecule has 3 aromatic rings. The summed E-state index contributed by atoms with van der Waals surface area (Å²) in [5.41, 5.74) is 1.77. The Morgan fingerprint density at radius 3 is 1.86 bits per heavy atom. The molecule has 7 nitrogen and oxygen atoms in total. The van der Waals surface area contributed by atoms with E-state index >= 15 is 0 Å². The van der Waals surface area contributed by atoms with Gasteiger partial charge in [0.15, 0.2) is 5.82 Å². The number of phenols is 2. The van der Waals surface area contributed by atoms with Crippen LogP contribution in [0.5, 0.6) is 11.5 Å². The summed E-state index contributed by atoms with van der Waals surface area (Å²) in [6.45, 7) is 1.08. The molecule has 2 aromatic carbocycles. The van der Waals surface area contributed by atoms with Gasteiger partial charge in [0.25, 0.3) is 5.97 Å². The van der Waals surface area contributed by atoms with Crippen LogP contribution in [0.25, 0.3) is 0 Å². The Morgan fingerprint density at radius 2 is 1.34 bits per heavy atom.